The van der Waals surface area contributed by atoms with Gasteiger partial charge in [0.05, 0.1) is 0 Å². The van der Waals surface area contributed by atoms with Crippen molar-refractivity contribution in [2.45, 2.75) is 126 Å². The molecule has 67 heavy (non-hydrogen) atoms. The molecule has 11 rings (SSSR count). The van der Waals surface area contributed by atoms with Crippen molar-refractivity contribution >= 4 is 53.9 Å². The third kappa shape index (κ3) is 6.84. The molecule has 0 atom stereocenters. The zero-order valence-electron chi connectivity index (χ0n) is 42.6. The first-order valence-electron chi connectivity index (χ1n) is 24.7. The molecule has 0 unspecified atom stereocenters. The average molecular weight is 871 g/mol. The van der Waals surface area contributed by atoms with Crippen LogP contribution in [0.4, 0.5) is 0 Å². The van der Waals surface area contributed by atoms with Crippen molar-refractivity contribution < 1.29 is 0 Å². The van der Waals surface area contributed by atoms with E-state index in [1.807, 2.05) is 0 Å². The van der Waals surface area contributed by atoms with Crippen LogP contribution < -0.4 is 0 Å². The Morgan fingerprint density at radius 3 is 1.25 bits per heavy atom. The minimum absolute atomic E-state index is 0.0453. The topological polar surface area (TPSA) is 0 Å². The number of aryl methyl sites for hydroxylation is 3. The Morgan fingerprint density at radius 1 is 0.284 bits per heavy atom. The number of hydrogen-bond donors (Lipinski definition) is 0. The lowest BCUT2D eigenvalue weighted by molar-refractivity contribution is 0.568. The minimum atomic E-state index is -0.0507. The van der Waals surface area contributed by atoms with E-state index in [-0.39, 0.29) is 21.7 Å². The minimum Gasteiger partial charge on any atom is -0.0610 e. The van der Waals surface area contributed by atoms with Crippen molar-refractivity contribution in [3.8, 4) is 55.6 Å². The molecule has 0 N–H and O–H groups in total. The molecule has 0 saturated carbocycles. The van der Waals surface area contributed by atoms with Crippen LogP contribution >= 0.6 is 0 Å². The molecule has 0 nitrogen and oxygen atoms in total. The van der Waals surface area contributed by atoms with Gasteiger partial charge in [0.25, 0.3) is 0 Å². The molecule has 0 bridgehead atoms. The van der Waals surface area contributed by atoms with E-state index in [4.69, 9.17) is 0 Å². The summed E-state index contributed by atoms with van der Waals surface area (Å²) < 4.78 is 0. The van der Waals surface area contributed by atoms with Gasteiger partial charge in [-0.15, -0.1) is 0 Å². The van der Waals surface area contributed by atoms with E-state index < -0.39 is 0 Å². The summed E-state index contributed by atoms with van der Waals surface area (Å²) in [5.74, 6) is 0. The predicted molar refractivity (Wildman–Crippen MR) is 295 cm³/mol. The molecule has 0 spiro atoms. The lowest BCUT2D eigenvalue weighted by Gasteiger charge is -2.29. The quantitative estimate of drug-likeness (QED) is 0.123. The molecule has 10 aromatic rings. The highest BCUT2D eigenvalue weighted by atomic mass is 14.4. The molecule has 0 aromatic heterocycles. The molecule has 334 valence electrons. The summed E-state index contributed by atoms with van der Waals surface area (Å²) >= 11 is 0. The van der Waals surface area contributed by atoms with Crippen LogP contribution in [0.25, 0.3) is 109 Å². The van der Waals surface area contributed by atoms with Gasteiger partial charge in [0, 0.05) is 0 Å². The Morgan fingerprint density at radius 2 is 0.731 bits per heavy atom. The molecule has 0 fully saturated rings. The molecule has 0 radical (unpaired) electrons. The van der Waals surface area contributed by atoms with Crippen LogP contribution in [-0.2, 0) is 21.7 Å². The highest BCUT2D eigenvalue weighted by molar-refractivity contribution is 6.36. The van der Waals surface area contributed by atoms with Crippen molar-refractivity contribution in [3.63, 3.8) is 0 Å². The van der Waals surface area contributed by atoms with Crippen LogP contribution in [0.5, 0.6) is 0 Å². The molecule has 0 saturated heterocycles. The second kappa shape index (κ2) is 14.4. The van der Waals surface area contributed by atoms with E-state index in [1.165, 1.54) is 148 Å². The zero-order chi connectivity index (χ0) is 47.4. The molecule has 0 aliphatic heterocycles. The van der Waals surface area contributed by atoms with E-state index in [0.717, 1.165) is 0 Å². The molecule has 0 amide bonds. The first-order chi connectivity index (χ1) is 31.5. The van der Waals surface area contributed by atoms with Gasteiger partial charge in [-0.2, -0.15) is 0 Å². The highest BCUT2D eigenvalue weighted by Gasteiger charge is 2.34. The number of fused-ring (bicyclic) bond motifs is 5. The molecule has 0 heterocycles. The van der Waals surface area contributed by atoms with Gasteiger partial charge in [0.1, 0.15) is 0 Å². The van der Waals surface area contributed by atoms with Gasteiger partial charge in [0.2, 0.25) is 0 Å². The van der Waals surface area contributed by atoms with Crippen LogP contribution in [0.15, 0.2) is 127 Å². The van der Waals surface area contributed by atoms with Gasteiger partial charge in [-0.25, -0.2) is 0 Å². The van der Waals surface area contributed by atoms with Crippen LogP contribution in [0.3, 0.4) is 0 Å². The standard InChI is InChI=1S/C67H66/c1-37-25-38(2)56(39(3)26-37)44-22-21-42-32-53-54(34-45(42)27-44)59(47-30-50(66(10,11)12)36-51(31-47)67(13,14)15)63-55-33-43-18-16-17-40-19-20-41-23-24-52(61(55)60(41)57(40)43)62(63)58(53)46-28-48(64(4,5)6)35-49(29-46)65(7,8)9/h16-36H,1-15H3. The number of rotatable bonds is 3. The fourth-order valence-corrected chi connectivity index (χ4v) is 11.7. The summed E-state index contributed by atoms with van der Waals surface area (Å²) in [5.41, 5.74) is 22.5. The summed E-state index contributed by atoms with van der Waals surface area (Å²) in [6, 6.07) is 51.1. The average Bonchev–Trinajstić information content (AvgIpc) is 3.56. The van der Waals surface area contributed by atoms with Crippen LogP contribution in [-0.4, -0.2) is 0 Å². The Labute approximate surface area is 399 Å². The van der Waals surface area contributed by atoms with E-state index >= 15 is 0 Å². The third-order valence-corrected chi connectivity index (χ3v) is 15.3. The molecular weight excluding hydrogens is 805 g/mol. The maximum absolute atomic E-state index is 2.57. The van der Waals surface area contributed by atoms with Gasteiger partial charge in [-0.3, -0.25) is 0 Å². The van der Waals surface area contributed by atoms with Crippen LogP contribution in [0.2, 0.25) is 0 Å². The fraction of sp³-hybridized carbons (Fsp3) is 0.284. The Bertz CT molecular complexity index is 3640. The van der Waals surface area contributed by atoms with E-state index in [1.54, 1.807) is 0 Å². The first kappa shape index (κ1) is 43.3. The lowest BCUT2D eigenvalue weighted by atomic mass is 9.75. The summed E-state index contributed by atoms with van der Waals surface area (Å²) in [7, 11) is 0. The maximum Gasteiger partial charge on any atom is -0.000718 e. The van der Waals surface area contributed by atoms with E-state index in [2.05, 4.69) is 231 Å². The van der Waals surface area contributed by atoms with Crippen molar-refractivity contribution in [3.05, 3.63) is 166 Å². The highest BCUT2D eigenvalue weighted by Crippen LogP contribution is 2.60. The Hall–Kier alpha value is -6.24. The normalized spacial score (nSPS) is 13.3. The van der Waals surface area contributed by atoms with Gasteiger partial charge < -0.3 is 0 Å². The van der Waals surface area contributed by atoms with Gasteiger partial charge in [-0.05, 0) is 210 Å². The SMILES string of the molecule is Cc1cc(C)c(-c2ccc3cc4c(-c5cc(C(C)(C)C)cc(C(C)(C)C)c5)c5c(c(-c6cc(C(C)(C)C)cc(C(C)(C)C)c6)c4cc3c2)-c2cc3cccc4ccc6ccc-5c2c6c43)c(C)c1. The number of hydrogen-bond acceptors (Lipinski definition) is 0. The second-order valence-corrected chi connectivity index (χ2v) is 24.5. The van der Waals surface area contributed by atoms with Crippen molar-refractivity contribution in [2.75, 3.05) is 0 Å². The summed E-state index contributed by atoms with van der Waals surface area (Å²) in [6.07, 6.45) is 0. The van der Waals surface area contributed by atoms with Gasteiger partial charge >= 0.3 is 0 Å². The summed E-state index contributed by atoms with van der Waals surface area (Å²) in [5, 5.41) is 13.2. The monoisotopic (exact) mass is 871 g/mol. The summed E-state index contributed by atoms with van der Waals surface area (Å²) in [6.45, 7) is 35.2. The zero-order valence-corrected chi connectivity index (χ0v) is 42.6. The molecule has 10 aromatic carbocycles. The fourth-order valence-electron chi connectivity index (χ4n) is 11.7. The number of benzene rings is 10. The Kier molecular flexibility index (Phi) is 9.31. The van der Waals surface area contributed by atoms with Gasteiger partial charge in [0.15, 0.2) is 0 Å². The van der Waals surface area contributed by atoms with Crippen molar-refractivity contribution in [1.82, 2.24) is 0 Å². The predicted octanol–water partition coefficient (Wildman–Crippen LogP) is 19.7. The first-order valence-corrected chi connectivity index (χ1v) is 24.7. The second-order valence-electron chi connectivity index (χ2n) is 24.5. The van der Waals surface area contributed by atoms with Crippen LogP contribution in [0.1, 0.15) is 122 Å². The molecule has 0 heteroatoms. The summed E-state index contributed by atoms with van der Waals surface area (Å²) in [4.78, 5) is 0. The van der Waals surface area contributed by atoms with Crippen molar-refractivity contribution in [1.29, 1.82) is 0 Å². The van der Waals surface area contributed by atoms with Crippen molar-refractivity contribution in [2.24, 2.45) is 0 Å². The molecule has 1 aliphatic carbocycles. The maximum atomic E-state index is 2.57. The van der Waals surface area contributed by atoms with Gasteiger partial charge in [-0.1, -0.05) is 192 Å². The Balaban J connectivity index is 1.40. The largest absolute Gasteiger partial charge is 0.0610 e. The third-order valence-electron chi connectivity index (χ3n) is 15.3. The lowest BCUT2D eigenvalue weighted by Crippen LogP contribution is -2.17. The van der Waals surface area contributed by atoms with Crippen LogP contribution in [0, 0.1) is 20.8 Å². The van der Waals surface area contributed by atoms with E-state index in [0.29, 0.717) is 0 Å². The van der Waals surface area contributed by atoms with E-state index in [9.17, 15) is 0 Å². The molecule has 1 aliphatic rings. The molecular formula is C67H66. The smallest absolute Gasteiger partial charge is 0.000718 e.